The predicted octanol–water partition coefficient (Wildman–Crippen LogP) is 2.79. The third-order valence-electron chi connectivity index (χ3n) is 6.11. The first-order chi connectivity index (χ1) is 16.4. The van der Waals surface area contributed by atoms with Gasteiger partial charge in [-0.1, -0.05) is 48.5 Å². The molecular weight excluding hydrogens is 438 g/mol. The second-order valence-electron chi connectivity index (χ2n) is 8.31. The lowest BCUT2D eigenvalue weighted by atomic mass is 9.82. The number of nitrogens with zero attached hydrogens (tertiary/aromatic N) is 1. The summed E-state index contributed by atoms with van der Waals surface area (Å²) in [5.74, 6) is -2.72. The van der Waals surface area contributed by atoms with E-state index in [0.717, 1.165) is 0 Å². The zero-order chi connectivity index (χ0) is 24.5. The molecule has 1 saturated carbocycles. The number of benzene rings is 2. The highest BCUT2D eigenvalue weighted by atomic mass is 16.5. The monoisotopic (exact) mass is 467 g/mol. The van der Waals surface area contributed by atoms with E-state index in [4.69, 9.17) is 9.84 Å². The lowest BCUT2D eigenvalue weighted by Crippen LogP contribution is -2.38. The normalized spacial score (nSPS) is 17.6. The number of hydrogen-bond acceptors (Lipinski definition) is 6. The van der Waals surface area contributed by atoms with Crippen molar-refractivity contribution in [3.63, 3.8) is 0 Å². The van der Waals surface area contributed by atoms with Gasteiger partial charge in [0.25, 0.3) is 5.91 Å². The molecule has 1 aliphatic carbocycles. The highest BCUT2D eigenvalue weighted by Gasteiger charge is 2.31. The minimum atomic E-state index is -0.837. The molecule has 0 atom stereocenters. The lowest BCUT2D eigenvalue weighted by molar-refractivity contribution is -0.152. The molecule has 0 bridgehead atoms. The van der Waals surface area contributed by atoms with Crippen LogP contribution in [0.25, 0.3) is 0 Å². The van der Waals surface area contributed by atoms with Crippen LogP contribution in [-0.2, 0) is 14.3 Å². The number of aliphatic hydroxyl groups is 1. The summed E-state index contributed by atoms with van der Waals surface area (Å²) < 4.78 is 5.36. The molecule has 0 saturated heterocycles. The number of esters is 1. The second kappa shape index (κ2) is 12.1. The third-order valence-corrected chi connectivity index (χ3v) is 6.11. The average molecular weight is 468 g/mol. The van der Waals surface area contributed by atoms with Gasteiger partial charge in [0.15, 0.2) is 5.78 Å². The molecule has 2 N–H and O–H groups in total. The number of carboxylic acid groups (broad SMARTS) is 1. The molecule has 2 aromatic carbocycles. The molecule has 180 valence electrons. The highest BCUT2D eigenvalue weighted by molar-refractivity contribution is 6.15. The van der Waals surface area contributed by atoms with E-state index in [0.29, 0.717) is 31.2 Å². The van der Waals surface area contributed by atoms with Gasteiger partial charge in [0.2, 0.25) is 0 Å². The van der Waals surface area contributed by atoms with Gasteiger partial charge >= 0.3 is 11.9 Å². The van der Waals surface area contributed by atoms with Gasteiger partial charge in [0.1, 0.15) is 6.61 Å². The first-order valence-corrected chi connectivity index (χ1v) is 11.4. The van der Waals surface area contributed by atoms with E-state index in [-0.39, 0.29) is 49.1 Å². The van der Waals surface area contributed by atoms with Crippen LogP contribution in [0.4, 0.5) is 0 Å². The Kier molecular flexibility index (Phi) is 8.93. The van der Waals surface area contributed by atoms with Crippen LogP contribution in [0, 0.1) is 11.8 Å². The Balaban J connectivity index is 1.62. The van der Waals surface area contributed by atoms with Crippen molar-refractivity contribution >= 4 is 23.6 Å². The number of carboxylic acids is 1. The summed E-state index contributed by atoms with van der Waals surface area (Å²) in [5.41, 5.74) is 0.931. The maximum Gasteiger partial charge on any atom is 0.308 e. The summed E-state index contributed by atoms with van der Waals surface area (Å²) in [6, 6.07) is 15.2. The zero-order valence-corrected chi connectivity index (χ0v) is 18.9. The molecule has 3 rings (SSSR count). The van der Waals surface area contributed by atoms with Gasteiger partial charge in [-0.25, -0.2) is 0 Å². The van der Waals surface area contributed by atoms with Crippen LogP contribution in [-0.4, -0.2) is 65.0 Å². The van der Waals surface area contributed by atoms with Crippen molar-refractivity contribution in [1.82, 2.24) is 4.90 Å². The maximum atomic E-state index is 13.2. The first-order valence-electron chi connectivity index (χ1n) is 11.4. The van der Waals surface area contributed by atoms with E-state index in [1.165, 1.54) is 4.90 Å². The molecule has 2 aromatic rings. The molecule has 1 aliphatic rings. The van der Waals surface area contributed by atoms with Crippen LogP contribution < -0.4 is 0 Å². The fourth-order valence-electron chi connectivity index (χ4n) is 4.17. The standard InChI is InChI=1S/C26H29NO7/c28-16-14-27(15-17-34-26(33)20-12-10-19(11-13-20)25(31)32)24(30)22-9-5-4-8-21(22)23(29)18-6-2-1-3-7-18/h1-9,19-20,28H,10-17H2,(H,31,32). The largest absolute Gasteiger partial charge is 0.481 e. The maximum absolute atomic E-state index is 13.2. The number of carbonyl (C=O) groups is 4. The Morgan fingerprint density at radius 2 is 1.41 bits per heavy atom. The first kappa shape index (κ1) is 25.1. The summed E-state index contributed by atoms with van der Waals surface area (Å²) in [6.45, 7) is -0.261. The van der Waals surface area contributed by atoms with E-state index in [1.807, 2.05) is 0 Å². The summed E-state index contributed by atoms with van der Waals surface area (Å²) in [7, 11) is 0. The Morgan fingerprint density at radius 1 is 0.824 bits per heavy atom. The number of ketones is 1. The lowest BCUT2D eigenvalue weighted by Gasteiger charge is -2.26. The summed E-state index contributed by atoms with van der Waals surface area (Å²) in [5, 5.41) is 18.5. The van der Waals surface area contributed by atoms with Gasteiger partial charge in [-0.3, -0.25) is 19.2 Å². The number of aliphatic carboxylic acids is 1. The van der Waals surface area contributed by atoms with Gasteiger partial charge in [-0.05, 0) is 31.7 Å². The van der Waals surface area contributed by atoms with E-state index < -0.39 is 23.8 Å². The zero-order valence-electron chi connectivity index (χ0n) is 18.9. The summed E-state index contributed by atoms with van der Waals surface area (Å²) in [6.07, 6.45) is 1.81. The molecule has 1 amide bonds. The van der Waals surface area contributed by atoms with Crippen molar-refractivity contribution in [3.05, 3.63) is 71.3 Å². The Hall–Kier alpha value is -3.52. The second-order valence-corrected chi connectivity index (χ2v) is 8.31. The molecule has 0 spiro atoms. The van der Waals surface area contributed by atoms with Crippen LogP contribution in [0.15, 0.2) is 54.6 Å². The van der Waals surface area contributed by atoms with E-state index in [9.17, 15) is 24.3 Å². The average Bonchev–Trinajstić information content (AvgIpc) is 2.87. The molecular formula is C26H29NO7. The summed E-state index contributed by atoms with van der Waals surface area (Å²) >= 11 is 0. The van der Waals surface area contributed by atoms with Gasteiger partial charge in [-0.2, -0.15) is 0 Å². The van der Waals surface area contributed by atoms with Crippen molar-refractivity contribution < 1.29 is 34.1 Å². The number of carbonyl (C=O) groups excluding carboxylic acids is 3. The molecule has 1 fully saturated rings. The smallest absolute Gasteiger partial charge is 0.308 e. The van der Waals surface area contributed by atoms with Crippen LogP contribution in [0.2, 0.25) is 0 Å². The van der Waals surface area contributed by atoms with Crippen LogP contribution in [0.5, 0.6) is 0 Å². The highest BCUT2D eigenvalue weighted by Crippen LogP contribution is 2.29. The number of hydrogen-bond donors (Lipinski definition) is 2. The number of amides is 1. The molecule has 0 aliphatic heterocycles. The SMILES string of the molecule is O=C(c1ccccc1)c1ccccc1C(=O)N(CCO)CCOC(=O)C1CCC(C(=O)O)CC1. The van der Waals surface area contributed by atoms with E-state index in [1.54, 1.807) is 54.6 Å². The van der Waals surface area contributed by atoms with Crippen LogP contribution in [0.3, 0.4) is 0 Å². The fourth-order valence-corrected chi connectivity index (χ4v) is 4.17. The Labute approximate surface area is 198 Å². The van der Waals surface area contributed by atoms with Crippen molar-refractivity contribution in [2.24, 2.45) is 11.8 Å². The fraction of sp³-hybridized carbons (Fsp3) is 0.385. The third kappa shape index (κ3) is 6.29. The van der Waals surface area contributed by atoms with Crippen molar-refractivity contribution in [2.75, 3.05) is 26.3 Å². The molecule has 0 unspecified atom stereocenters. The van der Waals surface area contributed by atoms with Gasteiger partial charge in [0.05, 0.1) is 30.6 Å². The topological polar surface area (TPSA) is 121 Å². The molecule has 34 heavy (non-hydrogen) atoms. The van der Waals surface area contributed by atoms with Crippen molar-refractivity contribution in [1.29, 1.82) is 0 Å². The summed E-state index contributed by atoms with van der Waals surface area (Å²) in [4.78, 5) is 51.0. The van der Waals surface area contributed by atoms with Gasteiger partial charge < -0.3 is 19.8 Å². The Bertz CT molecular complexity index is 1010. The van der Waals surface area contributed by atoms with Gasteiger partial charge in [-0.15, -0.1) is 0 Å². The molecule has 0 heterocycles. The van der Waals surface area contributed by atoms with Crippen LogP contribution in [0.1, 0.15) is 52.0 Å². The predicted molar refractivity (Wildman–Crippen MR) is 123 cm³/mol. The van der Waals surface area contributed by atoms with E-state index in [2.05, 4.69) is 0 Å². The minimum absolute atomic E-state index is 0.0218. The number of ether oxygens (including phenoxy) is 1. The Morgan fingerprint density at radius 3 is 2.03 bits per heavy atom. The number of aliphatic hydroxyl groups excluding tert-OH is 1. The molecule has 0 aromatic heterocycles. The molecule has 0 radical (unpaired) electrons. The number of rotatable bonds is 10. The van der Waals surface area contributed by atoms with Crippen molar-refractivity contribution in [2.45, 2.75) is 25.7 Å². The van der Waals surface area contributed by atoms with Gasteiger partial charge in [0, 0.05) is 17.7 Å². The van der Waals surface area contributed by atoms with Crippen LogP contribution >= 0.6 is 0 Å². The minimum Gasteiger partial charge on any atom is -0.481 e. The molecule has 8 nitrogen and oxygen atoms in total. The molecule has 8 heteroatoms. The quantitative estimate of drug-likeness (QED) is 0.407. The van der Waals surface area contributed by atoms with E-state index >= 15 is 0 Å². The van der Waals surface area contributed by atoms with Crippen molar-refractivity contribution in [3.8, 4) is 0 Å².